The van der Waals surface area contributed by atoms with Crippen molar-refractivity contribution >= 4 is 29.2 Å². The van der Waals surface area contributed by atoms with E-state index in [0.29, 0.717) is 57.8 Å². The number of ketones is 3. The Bertz CT molecular complexity index is 1690. The highest BCUT2D eigenvalue weighted by Crippen LogP contribution is 2.38. The number of nitrogens with zero attached hydrogens (tertiary/aromatic N) is 1. The lowest BCUT2D eigenvalue weighted by atomic mass is 9.78. The molecule has 4 aliphatic rings. The number of allylic oxidation sites excluding steroid dienone is 5. The number of fused-ring (bicyclic) bond motifs is 3. The Labute approximate surface area is 387 Å². The lowest BCUT2D eigenvalue weighted by Crippen LogP contribution is -2.61. The van der Waals surface area contributed by atoms with E-state index >= 15 is 0 Å². The van der Waals surface area contributed by atoms with Gasteiger partial charge in [0.15, 0.2) is 5.78 Å². The fourth-order valence-corrected chi connectivity index (χ4v) is 10.5. The summed E-state index contributed by atoms with van der Waals surface area (Å²) in [5.74, 6) is -8.06. The summed E-state index contributed by atoms with van der Waals surface area (Å²) in [6.07, 6.45) is 10.3. The van der Waals surface area contributed by atoms with E-state index in [1.165, 1.54) is 12.0 Å². The van der Waals surface area contributed by atoms with Crippen LogP contribution >= 0.6 is 0 Å². The molecule has 14 nitrogen and oxygen atoms in total. The molecule has 1 saturated carbocycles. The van der Waals surface area contributed by atoms with E-state index in [0.717, 1.165) is 12.0 Å². The summed E-state index contributed by atoms with van der Waals surface area (Å²) in [5.41, 5.74) is 0.884. The van der Waals surface area contributed by atoms with Crippen LogP contribution in [0.3, 0.4) is 0 Å². The molecule has 1 amide bonds. The summed E-state index contributed by atoms with van der Waals surface area (Å²) in [6, 6.07) is -1.13. The first-order chi connectivity index (χ1) is 30.7. The molecule has 3 N–H and O–H groups in total. The van der Waals surface area contributed by atoms with Crippen LogP contribution in [0, 0.1) is 41.4 Å². The number of piperidine rings is 1. The van der Waals surface area contributed by atoms with Crippen LogP contribution in [0.5, 0.6) is 0 Å². The smallest absolute Gasteiger partial charge is 0.329 e. The maximum Gasteiger partial charge on any atom is 0.329 e. The summed E-state index contributed by atoms with van der Waals surface area (Å²) in [5, 5.41) is 33.9. The molecule has 65 heavy (non-hydrogen) atoms. The number of methoxy groups -OCH3 is 3. The number of carbonyl (C=O) groups excluding carboxylic acids is 5. The van der Waals surface area contributed by atoms with Crippen molar-refractivity contribution < 1.29 is 63.0 Å². The third kappa shape index (κ3) is 14.4. The maximum atomic E-state index is 14.4. The Morgan fingerprint density at radius 2 is 1.55 bits per heavy atom. The number of cyclic esters (lactones) is 1. The van der Waals surface area contributed by atoms with E-state index in [-0.39, 0.29) is 61.2 Å². The van der Waals surface area contributed by atoms with E-state index in [4.69, 9.17) is 23.7 Å². The van der Waals surface area contributed by atoms with Gasteiger partial charge in [-0.15, -0.1) is 0 Å². The molecule has 1 aliphatic carbocycles. The molecule has 3 aliphatic heterocycles. The maximum absolute atomic E-state index is 14.4. The number of esters is 1. The lowest BCUT2D eigenvalue weighted by molar-refractivity contribution is -0.265. The minimum absolute atomic E-state index is 0.0339. The van der Waals surface area contributed by atoms with Crippen molar-refractivity contribution in [2.24, 2.45) is 41.4 Å². The van der Waals surface area contributed by atoms with E-state index in [9.17, 15) is 39.3 Å². The van der Waals surface area contributed by atoms with Crippen LogP contribution in [-0.2, 0) is 47.7 Å². The number of hydrogen-bond acceptors (Lipinski definition) is 13. The molecule has 2 saturated heterocycles. The molecule has 3 fully saturated rings. The van der Waals surface area contributed by atoms with Gasteiger partial charge in [-0.05, 0) is 107 Å². The summed E-state index contributed by atoms with van der Waals surface area (Å²) in [6.45, 7) is 13.0. The summed E-state index contributed by atoms with van der Waals surface area (Å²) in [4.78, 5) is 71.9. The highest BCUT2D eigenvalue weighted by Gasteiger charge is 2.53. The normalized spacial score (nSPS) is 40.8. The van der Waals surface area contributed by atoms with Gasteiger partial charge in [0.1, 0.15) is 24.0 Å². The van der Waals surface area contributed by atoms with Gasteiger partial charge in [-0.1, -0.05) is 71.9 Å². The minimum atomic E-state index is -2.42. The van der Waals surface area contributed by atoms with Crippen molar-refractivity contribution in [3.63, 3.8) is 0 Å². The molecule has 0 spiro atoms. The van der Waals surface area contributed by atoms with Gasteiger partial charge in [0.2, 0.25) is 5.79 Å². The van der Waals surface area contributed by atoms with Crippen LogP contribution in [0.15, 0.2) is 36.0 Å². The largest absolute Gasteiger partial charge is 0.460 e. The molecule has 3 heterocycles. The summed E-state index contributed by atoms with van der Waals surface area (Å²) >= 11 is 0. The number of aliphatic hydroxyl groups excluding tert-OH is 2. The van der Waals surface area contributed by atoms with Crippen molar-refractivity contribution in [2.45, 2.75) is 186 Å². The predicted octanol–water partition coefficient (Wildman–Crippen LogP) is 6.26. The number of aliphatic hydroxyl groups is 3. The average molecular weight is 916 g/mol. The van der Waals surface area contributed by atoms with Crippen LogP contribution in [0.25, 0.3) is 0 Å². The number of carbonyl (C=O) groups is 5. The van der Waals surface area contributed by atoms with Gasteiger partial charge in [-0.3, -0.25) is 19.2 Å². The first kappa shape index (κ1) is 54.5. The summed E-state index contributed by atoms with van der Waals surface area (Å²) < 4.78 is 29.4. The number of Topliss-reactive ketones (excluding diaryl/α,β-unsaturated/α-hetero) is 3. The van der Waals surface area contributed by atoms with Crippen molar-refractivity contribution in [1.82, 2.24) is 4.90 Å². The highest BCUT2D eigenvalue weighted by molar-refractivity contribution is 6.39. The molecule has 4 rings (SSSR count). The highest BCUT2D eigenvalue weighted by atomic mass is 16.6. The van der Waals surface area contributed by atoms with Gasteiger partial charge < -0.3 is 43.9 Å². The van der Waals surface area contributed by atoms with Crippen LogP contribution in [0.2, 0.25) is 0 Å². The second-order valence-corrected chi connectivity index (χ2v) is 20.1. The van der Waals surface area contributed by atoms with Gasteiger partial charge in [-0.2, -0.15) is 0 Å². The Hall–Kier alpha value is -3.11. The summed E-state index contributed by atoms with van der Waals surface area (Å²) in [7, 11) is 4.56. The van der Waals surface area contributed by atoms with E-state index in [1.54, 1.807) is 35.0 Å². The van der Waals surface area contributed by atoms with Crippen LogP contribution < -0.4 is 0 Å². The molecule has 0 radical (unpaired) electrons. The fourth-order valence-electron chi connectivity index (χ4n) is 10.5. The van der Waals surface area contributed by atoms with Gasteiger partial charge in [0.05, 0.1) is 30.5 Å². The van der Waals surface area contributed by atoms with Crippen LogP contribution in [-0.4, -0.2) is 132 Å². The van der Waals surface area contributed by atoms with Crippen molar-refractivity contribution in [2.75, 3.05) is 27.9 Å². The number of amides is 1. The van der Waals surface area contributed by atoms with Crippen LogP contribution in [0.1, 0.15) is 132 Å². The van der Waals surface area contributed by atoms with Crippen molar-refractivity contribution in [3.05, 3.63) is 36.0 Å². The molecular weight excluding hydrogens is 835 g/mol. The van der Waals surface area contributed by atoms with Gasteiger partial charge in [0, 0.05) is 58.5 Å². The van der Waals surface area contributed by atoms with E-state index in [2.05, 4.69) is 0 Å². The van der Waals surface area contributed by atoms with E-state index < -0.39 is 89.8 Å². The Kier molecular flexibility index (Phi) is 21.2. The molecule has 0 aromatic carbocycles. The standard InChI is InChI=1S/C51H81NO13/c1-30-16-12-11-13-17-31(2)42(61-8)28-38-21-19-36(7)51(60,65-38)48(57)49(58)52-23-15-14-18-39(52)50(59)64-43(33(4)26-37-20-22-40(53)44(27-37)62-9)29-41(54)32(3)25-35(6)46(56)47(63-10)45(55)34(5)24-30/h11-13,16-17,30,32-40,42-44,46-47,53,56,60H,14-15,18-29H2,1-10H3/b13-11+,16-12+,31-17+/t30-,32-,33-,34-,35?,36-,37+,38+,39+,40-,42+,43+,44-,46-,47+,51-/m1/s1. The number of ether oxygens (including phenoxy) is 5. The first-order valence-electron chi connectivity index (χ1n) is 24.2. The third-order valence-corrected chi connectivity index (χ3v) is 14.9. The molecule has 14 heteroatoms. The minimum Gasteiger partial charge on any atom is -0.460 e. The molecular formula is C51H81NO13. The second-order valence-electron chi connectivity index (χ2n) is 20.1. The van der Waals surface area contributed by atoms with Gasteiger partial charge in [-0.25, -0.2) is 4.79 Å². The zero-order valence-corrected chi connectivity index (χ0v) is 40.8. The van der Waals surface area contributed by atoms with Gasteiger partial charge >= 0.3 is 5.97 Å². The zero-order chi connectivity index (χ0) is 48.2. The third-order valence-electron chi connectivity index (χ3n) is 14.9. The molecule has 1 unspecified atom stereocenters. The molecule has 0 aromatic rings. The lowest BCUT2D eigenvalue weighted by Gasteiger charge is -2.42. The molecule has 2 bridgehead atoms. The topological polar surface area (TPSA) is 195 Å². The Morgan fingerprint density at radius 1 is 0.831 bits per heavy atom. The zero-order valence-electron chi connectivity index (χ0n) is 40.8. The first-order valence-corrected chi connectivity index (χ1v) is 24.2. The Morgan fingerprint density at radius 3 is 2.23 bits per heavy atom. The number of rotatable bonds is 6. The second kappa shape index (κ2) is 25.3. The van der Waals surface area contributed by atoms with E-state index in [1.807, 2.05) is 58.1 Å². The monoisotopic (exact) mass is 916 g/mol. The molecule has 16 atom stereocenters. The van der Waals surface area contributed by atoms with Crippen LogP contribution in [0.4, 0.5) is 0 Å². The molecule has 368 valence electrons. The Balaban J connectivity index is 1.68. The predicted molar refractivity (Wildman–Crippen MR) is 245 cm³/mol. The fraction of sp³-hybridized carbons (Fsp3) is 0.784. The number of hydrogen-bond donors (Lipinski definition) is 3. The SMILES string of the molecule is CO[C@H]1C[C@@H]2CC[C@@H](C)[C@@](O)(O2)C(=O)C(=O)N2CCCC[C@H]2C(=O)O[C@H]([C@H](C)C[C@@H]2CC[C@@H](O)[C@H](OC)C2)CC(=O)[C@H](C)CC(C)[C@@H](O)[C@@H](OC)C(=O)[C@H](C)C[C@H](C)/C=C/C=C/C=C/1C. The van der Waals surface area contributed by atoms with Gasteiger partial charge in [0.25, 0.3) is 11.7 Å². The van der Waals surface area contributed by atoms with Crippen molar-refractivity contribution in [1.29, 1.82) is 0 Å². The quantitative estimate of drug-likeness (QED) is 0.200. The average Bonchev–Trinajstić information content (AvgIpc) is 3.28. The molecule has 0 aromatic heterocycles. The van der Waals surface area contributed by atoms with Crippen molar-refractivity contribution in [3.8, 4) is 0 Å².